The first-order valence-corrected chi connectivity index (χ1v) is 12.0. The number of nitrogens with two attached hydrogens (primary N) is 1. The third-order valence-electron chi connectivity index (χ3n) is 4.58. The third-order valence-corrected chi connectivity index (χ3v) is 6.16. The molecule has 0 aliphatic carbocycles. The molecule has 1 unspecified atom stereocenters. The maximum Gasteiger partial charge on any atom is 0.317 e. The maximum atomic E-state index is 13.4. The molecule has 35 heavy (non-hydrogen) atoms. The Balaban J connectivity index is 0.00000150. The molecule has 10 heteroatoms. The number of ether oxygens (including phenoxy) is 1. The van der Waals surface area contributed by atoms with Crippen LogP contribution in [-0.2, 0) is 9.67 Å². The van der Waals surface area contributed by atoms with Crippen LogP contribution in [-0.4, -0.2) is 42.2 Å². The van der Waals surface area contributed by atoms with Gasteiger partial charge in [-0.05, 0) is 39.0 Å². The molecule has 1 amide bonds. The minimum Gasteiger partial charge on any atom is -0.493 e. The largest absolute Gasteiger partial charge is 0.493 e. The average Bonchev–Trinajstić information content (AvgIpc) is 3.24. The molecule has 1 aromatic rings. The summed E-state index contributed by atoms with van der Waals surface area (Å²) in [7, 11) is 0. The summed E-state index contributed by atoms with van der Waals surface area (Å²) in [4.78, 5) is 11.2. The number of rotatable bonds is 5. The normalized spacial score (nSPS) is 20.2. The lowest BCUT2D eigenvalue weighted by atomic mass is 9.86. The molecular formula is C25H35F4N3O2S. The van der Waals surface area contributed by atoms with Gasteiger partial charge in [-0.2, -0.15) is 13.9 Å². The van der Waals surface area contributed by atoms with Crippen LogP contribution in [0.5, 0.6) is 5.75 Å². The predicted octanol–water partition coefficient (Wildman–Crippen LogP) is 6.58. The van der Waals surface area contributed by atoms with Crippen molar-refractivity contribution in [3.05, 3.63) is 67.0 Å². The molecule has 196 valence electrons. The summed E-state index contributed by atoms with van der Waals surface area (Å²) in [5.41, 5.74) is 6.49. The maximum absolute atomic E-state index is 13.4. The van der Waals surface area contributed by atoms with Crippen LogP contribution in [0, 0.1) is 5.92 Å². The number of hydrazone groups is 1. The van der Waals surface area contributed by atoms with E-state index in [4.69, 9.17) is 10.5 Å². The predicted molar refractivity (Wildman–Crippen MR) is 137 cm³/mol. The summed E-state index contributed by atoms with van der Waals surface area (Å²) in [5.74, 6) is -1.86. The first-order chi connectivity index (χ1) is 16.7. The Hall–Kier alpha value is -2.59. The quantitative estimate of drug-likeness (QED) is 0.272. The number of para-hydroxylation sites is 1. The zero-order valence-corrected chi connectivity index (χ0v) is 21.5. The number of carbonyl (C=O) groups is 1. The fraction of sp³-hybridized carbons (Fsp3) is 0.440. The highest BCUT2D eigenvalue weighted by Crippen LogP contribution is 2.57. The standard InChI is InChI=1S/C19H20F3N3O2S.C2H5F.C2H6.C2H4/c1-11(9-12(2)20)17-24-25(18(26)16(21)22)19(28-17)13(7-8-23)10-27-15-6-4-3-5-14(15)19;1-2-3;2*1-2/h3-6,9,13,16H,1,7-8,10,23H2,2H3;2H2,1H3;1-2H3;1-2H2/b12-9+;;;/t13-,19?;;;/m0.../s1. The zero-order chi connectivity index (χ0) is 27.2. The molecule has 0 saturated heterocycles. The van der Waals surface area contributed by atoms with E-state index in [1.807, 2.05) is 13.8 Å². The molecule has 2 heterocycles. The molecular weight excluding hydrogens is 482 g/mol. The van der Waals surface area contributed by atoms with E-state index in [1.54, 1.807) is 24.3 Å². The average molecular weight is 518 g/mol. The lowest BCUT2D eigenvalue weighted by molar-refractivity contribution is -0.149. The fourth-order valence-corrected chi connectivity index (χ4v) is 4.89. The van der Waals surface area contributed by atoms with E-state index < -0.39 is 28.9 Å². The third kappa shape index (κ3) is 7.70. The van der Waals surface area contributed by atoms with Crippen molar-refractivity contribution in [3.63, 3.8) is 0 Å². The van der Waals surface area contributed by atoms with E-state index >= 15 is 0 Å². The monoisotopic (exact) mass is 517 g/mol. The Bertz CT molecular complexity index is 891. The molecule has 0 saturated carbocycles. The van der Waals surface area contributed by atoms with Crippen molar-refractivity contribution < 1.29 is 27.1 Å². The van der Waals surface area contributed by atoms with Crippen LogP contribution in [0.15, 0.2) is 66.6 Å². The smallest absolute Gasteiger partial charge is 0.317 e. The van der Waals surface area contributed by atoms with Crippen LogP contribution in [0.3, 0.4) is 0 Å². The Kier molecular flexibility index (Phi) is 15.0. The van der Waals surface area contributed by atoms with E-state index in [1.165, 1.54) is 13.8 Å². The number of hydrogen-bond acceptors (Lipinski definition) is 5. The fourth-order valence-electron chi connectivity index (χ4n) is 3.43. The second kappa shape index (κ2) is 16.1. The van der Waals surface area contributed by atoms with Crippen molar-refractivity contribution in [2.75, 3.05) is 19.8 Å². The summed E-state index contributed by atoms with van der Waals surface area (Å²) >= 11 is 1.10. The van der Waals surface area contributed by atoms with Crippen LogP contribution in [0.1, 0.15) is 39.7 Å². The van der Waals surface area contributed by atoms with Gasteiger partial charge in [0.05, 0.1) is 19.1 Å². The number of benzene rings is 1. The number of thioether (sulfide) groups is 1. The van der Waals surface area contributed by atoms with Gasteiger partial charge in [0.15, 0.2) is 4.87 Å². The van der Waals surface area contributed by atoms with Crippen LogP contribution in [0.4, 0.5) is 17.6 Å². The lowest BCUT2D eigenvalue weighted by Crippen LogP contribution is -2.52. The number of halogens is 4. The molecule has 2 aliphatic heterocycles. The van der Waals surface area contributed by atoms with Crippen LogP contribution in [0.25, 0.3) is 0 Å². The first kappa shape index (κ1) is 32.4. The van der Waals surface area contributed by atoms with Crippen LogP contribution in [0.2, 0.25) is 0 Å². The molecule has 3 rings (SSSR count). The molecule has 0 bridgehead atoms. The highest BCUT2D eigenvalue weighted by atomic mass is 32.2. The minimum atomic E-state index is -3.25. The summed E-state index contributed by atoms with van der Waals surface area (Å²) in [6, 6.07) is 6.91. The van der Waals surface area contributed by atoms with E-state index in [0.717, 1.165) is 22.8 Å². The number of alkyl halides is 3. The van der Waals surface area contributed by atoms with Crippen molar-refractivity contribution in [2.45, 2.75) is 45.4 Å². The molecule has 0 aromatic heterocycles. The summed E-state index contributed by atoms with van der Waals surface area (Å²) < 4.78 is 56.3. The van der Waals surface area contributed by atoms with Gasteiger partial charge >= 0.3 is 12.3 Å². The van der Waals surface area contributed by atoms with Gasteiger partial charge in [-0.3, -0.25) is 9.18 Å². The SMILES string of the molecule is C=C.C=C(/C=C(\C)F)C1=NN(C(=O)C(F)F)C2(S1)c1ccccc1OC[C@@H]2CCN.CC.CCF. The highest BCUT2D eigenvalue weighted by Gasteiger charge is 2.57. The number of nitrogens with zero attached hydrogens (tertiary/aromatic N) is 2. The molecule has 2 N–H and O–H groups in total. The Morgan fingerprint density at radius 2 is 1.94 bits per heavy atom. The number of amides is 1. The Morgan fingerprint density at radius 1 is 1.37 bits per heavy atom. The summed E-state index contributed by atoms with van der Waals surface area (Å²) in [5, 5.41) is 5.16. The molecule has 1 aromatic carbocycles. The second-order valence-electron chi connectivity index (χ2n) is 6.76. The van der Waals surface area contributed by atoms with E-state index in [0.29, 0.717) is 17.7 Å². The van der Waals surface area contributed by atoms with Crippen molar-refractivity contribution >= 4 is 22.7 Å². The summed E-state index contributed by atoms with van der Waals surface area (Å²) in [6.07, 6.45) is -1.68. The number of fused-ring (bicyclic) bond motifs is 2. The zero-order valence-electron chi connectivity index (χ0n) is 20.7. The van der Waals surface area contributed by atoms with Gasteiger partial charge < -0.3 is 10.5 Å². The van der Waals surface area contributed by atoms with Crippen molar-refractivity contribution in [1.82, 2.24) is 5.01 Å². The summed E-state index contributed by atoms with van der Waals surface area (Å²) in [6.45, 7) is 16.7. The van der Waals surface area contributed by atoms with Gasteiger partial charge in [0, 0.05) is 17.1 Å². The molecule has 0 fully saturated rings. The van der Waals surface area contributed by atoms with Gasteiger partial charge in [0.2, 0.25) is 0 Å². The molecule has 2 atom stereocenters. The van der Waals surface area contributed by atoms with Gasteiger partial charge in [-0.25, -0.2) is 9.40 Å². The van der Waals surface area contributed by atoms with Gasteiger partial charge in [0.25, 0.3) is 0 Å². The van der Waals surface area contributed by atoms with Gasteiger partial charge in [-0.15, -0.1) is 13.2 Å². The first-order valence-electron chi connectivity index (χ1n) is 11.1. The molecule has 5 nitrogen and oxygen atoms in total. The number of allylic oxidation sites excluding steroid dienone is 2. The van der Waals surface area contributed by atoms with Gasteiger partial charge in [0.1, 0.15) is 10.8 Å². The van der Waals surface area contributed by atoms with E-state index in [-0.39, 0.29) is 30.4 Å². The van der Waals surface area contributed by atoms with Crippen molar-refractivity contribution in [2.24, 2.45) is 16.8 Å². The Morgan fingerprint density at radius 3 is 2.46 bits per heavy atom. The number of carbonyl (C=O) groups excluding carboxylic acids is 1. The highest BCUT2D eigenvalue weighted by molar-refractivity contribution is 8.15. The lowest BCUT2D eigenvalue weighted by Gasteiger charge is -2.45. The van der Waals surface area contributed by atoms with Crippen molar-refractivity contribution in [1.29, 1.82) is 0 Å². The minimum absolute atomic E-state index is 0.182. The topological polar surface area (TPSA) is 67.9 Å². The Labute approximate surface area is 209 Å². The molecule has 1 spiro atoms. The van der Waals surface area contributed by atoms with Crippen molar-refractivity contribution in [3.8, 4) is 5.75 Å². The molecule has 0 radical (unpaired) electrons. The molecule has 2 aliphatic rings. The van der Waals surface area contributed by atoms with Crippen LogP contribution < -0.4 is 10.5 Å². The van der Waals surface area contributed by atoms with Crippen LogP contribution >= 0.6 is 11.8 Å². The van der Waals surface area contributed by atoms with E-state index in [9.17, 15) is 22.4 Å². The van der Waals surface area contributed by atoms with Gasteiger partial charge in [-0.1, -0.05) is 50.4 Å². The van der Waals surface area contributed by atoms with E-state index in [2.05, 4.69) is 24.8 Å². The number of hydrogen-bond donors (Lipinski definition) is 1. The second-order valence-corrected chi connectivity index (χ2v) is 7.97.